The highest BCUT2D eigenvalue weighted by Crippen LogP contribution is 2.31. The molecule has 0 saturated carbocycles. The highest BCUT2D eigenvalue weighted by atomic mass is 32.1. The summed E-state index contributed by atoms with van der Waals surface area (Å²) in [6.45, 7) is 1.81. The molecular formula is C19H16FN3O2S. The van der Waals surface area contributed by atoms with Crippen molar-refractivity contribution in [2.45, 2.75) is 6.92 Å². The number of carbonyl (C=O) groups excluding carboxylic acids is 2. The zero-order valence-electron chi connectivity index (χ0n) is 14.2. The standard InChI is InChI=1S/C19H16FN3O2S/c1-11-22-16(17(26-11)12-6-8-14(20)9-7-12)19(25)23-15-5-3-4-13(10-15)18(24)21-2/h3-10H,1-2H3,(H,21,24)(H,23,25). The number of rotatable bonds is 4. The van der Waals surface area contributed by atoms with Gasteiger partial charge in [0.15, 0.2) is 0 Å². The van der Waals surface area contributed by atoms with E-state index in [1.54, 1.807) is 50.4 Å². The van der Waals surface area contributed by atoms with Crippen LogP contribution in [0.15, 0.2) is 48.5 Å². The first-order valence-electron chi connectivity index (χ1n) is 7.85. The summed E-state index contributed by atoms with van der Waals surface area (Å²) in [5.74, 6) is -0.965. The van der Waals surface area contributed by atoms with Crippen molar-refractivity contribution in [2.24, 2.45) is 0 Å². The van der Waals surface area contributed by atoms with Gasteiger partial charge in [0, 0.05) is 18.3 Å². The van der Waals surface area contributed by atoms with Crippen molar-refractivity contribution < 1.29 is 14.0 Å². The summed E-state index contributed by atoms with van der Waals surface area (Å²) in [5, 5.41) is 6.03. The molecule has 0 atom stereocenters. The van der Waals surface area contributed by atoms with Crippen LogP contribution in [0.5, 0.6) is 0 Å². The Morgan fingerprint density at radius 2 is 1.81 bits per heavy atom. The third kappa shape index (κ3) is 3.78. The van der Waals surface area contributed by atoms with Crippen molar-refractivity contribution in [1.29, 1.82) is 0 Å². The molecule has 0 fully saturated rings. The smallest absolute Gasteiger partial charge is 0.275 e. The van der Waals surface area contributed by atoms with Crippen LogP contribution >= 0.6 is 11.3 Å². The summed E-state index contributed by atoms with van der Waals surface area (Å²) in [4.78, 5) is 29.4. The predicted molar refractivity (Wildman–Crippen MR) is 100 cm³/mol. The van der Waals surface area contributed by atoms with E-state index in [1.165, 1.54) is 23.5 Å². The molecule has 132 valence electrons. The SMILES string of the molecule is CNC(=O)c1cccc(NC(=O)c2nc(C)sc2-c2ccc(F)cc2)c1. The van der Waals surface area contributed by atoms with E-state index in [-0.39, 0.29) is 23.3 Å². The predicted octanol–water partition coefficient (Wildman–Crippen LogP) is 3.87. The average molecular weight is 369 g/mol. The lowest BCUT2D eigenvalue weighted by Crippen LogP contribution is -2.18. The monoisotopic (exact) mass is 369 g/mol. The summed E-state index contributed by atoms with van der Waals surface area (Å²) in [5.41, 5.74) is 1.93. The Bertz CT molecular complexity index is 967. The minimum Gasteiger partial charge on any atom is -0.355 e. The van der Waals surface area contributed by atoms with E-state index in [0.29, 0.717) is 16.1 Å². The number of nitrogens with zero attached hydrogens (tertiary/aromatic N) is 1. The van der Waals surface area contributed by atoms with Crippen molar-refractivity contribution in [3.05, 3.63) is 70.6 Å². The number of benzene rings is 2. The van der Waals surface area contributed by atoms with Crippen molar-refractivity contribution >= 4 is 28.8 Å². The molecule has 0 unspecified atom stereocenters. The van der Waals surface area contributed by atoms with Gasteiger partial charge in [-0.1, -0.05) is 18.2 Å². The third-order valence-corrected chi connectivity index (χ3v) is 4.69. The molecule has 0 saturated heterocycles. The molecule has 3 rings (SSSR count). The Morgan fingerprint density at radius 3 is 2.50 bits per heavy atom. The summed E-state index contributed by atoms with van der Waals surface area (Å²) >= 11 is 1.37. The number of carbonyl (C=O) groups is 2. The van der Waals surface area contributed by atoms with E-state index in [1.807, 2.05) is 0 Å². The lowest BCUT2D eigenvalue weighted by Gasteiger charge is -2.07. The van der Waals surface area contributed by atoms with Crippen molar-refractivity contribution in [2.75, 3.05) is 12.4 Å². The summed E-state index contributed by atoms with van der Waals surface area (Å²) in [6.07, 6.45) is 0. The van der Waals surface area contributed by atoms with Gasteiger partial charge in [-0.2, -0.15) is 0 Å². The van der Waals surface area contributed by atoms with E-state index >= 15 is 0 Å². The van der Waals surface area contributed by atoms with Crippen LogP contribution in [-0.4, -0.2) is 23.8 Å². The van der Waals surface area contributed by atoms with Crippen molar-refractivity contribution in [3.8, 4) is 10.4 Å². The molecule has 26 heavy (non-hydrogen) atoms. The second-order valence-corrected chi connectivity index (χ2v) is 6.73. The van der Waals surface area contributed by atoms with Crippen LogP contribution in [0, 0.1) is 12.7 Å². The van der Waals surface area contributed by atoms with Crippen molar-refractivity contribution in [1.82, 2.24) is 10.3 Å². The Balaban J connectivity index is 1.89. The molecule has 0 aliphatic rings. The molecule has 2 N–H and O–H groups in total. The van der Waals surface area contributed by atoms with E-state index < -0.39 is 0 Å². The van der Waals surface area contributed by atoms with E-state index in [0.717, 1.165) is 10.6 Å². The van der Waals surface area contributed by atoms with Gasteiger partial charge < -0.3 is 10.6 Å². The lowest BCUT2D eigenvalue weighted by molar-refractivity contribution is 0.0961. The summed E-state index contributed by atoms with van der Waals surface area (Å²) in [6, 6.07) is 12.6. The molecule has 1 aromatic heterocycles. The highest BCUT2D eigenvalue weighted by molar-refractivity contribution is 7.15. The van der Waals surface area contributed by atoms with Gasteiger partial charge >= 0.3 is 0 Å². The Kier molecular flexibility index (Phi) is 5.09. The van der Waals surface area contributed by atoms with Crippen molar-refractivity contribution in [3.63, 3.8) is 0 Å². The van der Waals surface area contributed by atoms with Crippen LogP contribution in [-0.2, 0) is 0 Å². The molecule has 3 aromatic rings. The zero-order valence-corrected chi connectivity index (χ0v) is 15.0. The number of halogens is 1. The quantitative estimate of drug-likeness (QED) is 0.733. The van der Waals surface area contributed by atoms with Crippen LogP contribution in [0.4, 0.5) is 10.1 Å². The first-order valence-corrected chi connectivity index (χ1v) is 8.66. The second kappa shape index (κ2) is 7.45. The maximum absolute atomic E-state index is 13.2. The molecule has 0 radical (unpaired) electrons. The molecule has 0 aliphatic carbocycles. The second-order valence-electron chi connectivity index (χ2n) is 5.53. The Hall–Kier alpha value is -3.06. The number of nitrogens with one attached hydrogen (secondary N) is 2. The number of amides is 2. The van der Waals surface area contributed by atoms with Gasteiger partial charge in [0.2, 0.25) is 0 Å². The van der Waals surface area contributed by atoms with Gasteiger partial charge in [-0.25, -0.2) is 9.37 Å². The average Bonchev–Trinajstić information content (AvgIpc) is 3.04. The molecule has 5 nitrogen and oxygen atoms in total. The summed E-state index contributed by atoms with van der Waals surface area (Å²) in [7, 11) is 1.54. The third-order valence-electron chi connectivity index (χ3n) is 3.67. The van der Waals surface area contributed by atoms with E-state index in [9.17, 15) is 14.0 Å². The molecule has 0 spiro atoms. The Labute approximate surface area is 153 Å². The summed E-state index contributed by atoms with van der Waals surface area (Å²) < 4.78 is 13.2. The fourth-order valence-electron chi connectivity index (χ4n) is 2.45. The van der Waals surface area contributed by atoms with Gasteiger partial charge in [0.1, 0.15) is 11.5 Å². The number of aryl methyl sites for hydroxylation is 1. The van der Waals surface area contributed by atoms with Crippen LogP contribution in [0.2, 0.25) is 0 Å². The zero-order chi connectivity index (χ0) is 18.7. The van der Waals surface area contributed by atoms with E-state index in [4.69, 9.17) is 0 Å². The van der Waals surface area contributed by atoms with Gasteiger partial charge in [-0.3, -0.25) is 9.59 Å². The number of aromatic nitrogens is 1. The normalized spacial score (nSPS) is 10.4. The van der Waals surface area contributed by atoms with Crippen LogP contribution < -0.4 is 10.6 Å². The minimum absolute atomic E-state index is 0.238. The molecule has 0 bridgehead atoms. The van der Waals surface area contributed by atoms with Crippen LogP contribution in [0.3, 0.4) is 0 Å². The minimum atomic E-state index is -0.386. The van der Waals surface area contributed by atoms with Crippen LogP contribution in [0.25, 0.3) is 10.4 Å². The van der Waals surface area contributed by atoms with Gasteiger partial charge in [-0.05, 0) is 42.8 Å². The highest BCUT2D eigenvalue weighted by Gasteiger charge is 2.19. The maximum atomic E-state index is 13.2. The van der Waals surface area contributed by atoms with Gasteiger partial charge in [-0.15, -0.1) is 11.3 Å². The molecule has 1 heterocycles. The molecule has 2 amide bonds. The molecular weight excluding hydrogens is 353 g/mol. The van der Waals surface area contributed by atoms with E-state index in [2.05, 4.69) is 15.6 Å². The first-order chi connectivity index (χ1) is 12.5. The molecule has 7 heteroatoms. The number of hydrogen-bond donors (Lipinski definition) is 2. The molecule has 2 aromatic carbocycles. The number of hydrogen-bond acceptors (Lipinski definition) is 4. The number of anilines is 1. The largest absolute Gasteiger partial charge is 0.355 e. The van der Waals surface area contributed by atoms with Gasteiger partial charge in [0.25, 0.3) is 11.8 Å². The maximum Gasteiger partial charge on any atom is 0.275 e. The lowest BCUT2D eigenvalue weighted by atomic mass is 10.1. The topological polar surface area (TPSA) is 71.1 Å². The Morgan fingerprint density at radius 1 is 1.08 bits per heavy atom. The number of thiazole rings is 1. The fourth-order valence-corrected chi connectivity index (χ4v) is 3.37. The van der Waals surface area contributed by atoms with Crippen LogP contribution in [0.1, 0.15) is 25.9 Å². The molecule has 0 aliphatic heterocycles. The first kappa shape index (κ1) is 17.8. The van der Waals surface area contributed by atoms with Gasteiger partial charge in [0.05, 0.1) is 9.88 Å². The fraction of sp³-hybridized carbons (Fsp3) is 0.105.